The van der Waals surface area contributed by atoms with Crippen molar-refractivity contribution in [3.63, 3.8) is 0 Å². The van der Waals surface area contributed by atoms with Crippen LogP contribution in [0.25, 0.3) is 0 Å². The van der Waals surface area contributed by atoms with E-state index in [0.717, 1.165) is 6.42 Å². The summed E-state index contributed by atoms with van der Waals surface area (Å²) in [7, 11) is 0. The third kappa shape index (κ3) is 4.14. The fourth-order valence-corrected chi connectivity index (χ4v) is 1.11. The average molecular weight is 223 g/mol. The second kappa shape index (κ2) is 6.62. The van der Waals surface area contributed by atoms with Gasteiger partial charge in [0, 0.05) is 6.54 Å². The van der Waals surface area contributed by atoms with Crippen LogP contribution >= 0.6 is 0 Å². The van der Waals surface area contributed by atoms with Gasteiger partial charge in [0.15, 0.2) is 0 Å². The highest BCUT2D eigenvalue weighted by Crippen LogP contribution is 2.06. The number of nitrogens with zero attached hydrogens (tertiary/aromatic N) is 1. The molecule has 0 fully saturated rings. The summed E-state index contributed by atoms with van der Waals surface area (Å²) in [6.07, 6.45) is 0.927. The lowest BCUT2D eigenvalue weighted by atomic mass is 10.4. The first-order chi connectivity index (χ1) is 7.76. The number of carbonyl (C=O) groups excluding carboxylic acids is 1. The largest absolute Gasteiger partial charge is 0.361 e. The molecule has 0 spiro atoms. The van der Waals surface area contributed by atoms with E-state index in [1.807, 2.05) is 6.92 Å². The summed E-state index contributed by atoms with van der Waals surface area (Å²) in [5.41, 5.74) is 2.44. The Morgan fingerprint density at radius 1 is 1.44 bits per heavy atom. The molecule has 1 amide bonds. The lowest BCUT2D eigenvalue weighted by Gasteiger charge is -2.07. The second-order valence-corrected chi connectivity index (χ2v) is 3.26. The van der Waals surface area contributed by atoms with Crippen LogP contribution in [0.1, 0.15) is 13.3 Å². The summed E-state index contributed by atoms with van der Waals surface area (Å²) in [5, 5.41) is 5.67. The highest BCUT2D eigenvalue weighted by atomic mass is 16.1. The second-order valence-electron chi connectivity index (χ2n) is 3.26. The Balaban J connectivity index is 2.38. The lowest BCUT2D eigenvalue weighted by Crippen LogP contribution is -2.30. The minimum absolute atomic E-state index is 0.0465. The van der Waals surface area contributed by atoms with Gasteiger partial charge in [-0.15, -0.1) is 0 Å². The first-order valence-corrected chi connectivity index (χ1v) is 5.20. The van der Waals surface area contributed by atoms with Crippen molar-refractivity contribution in [2.45, 2.75) is 13.3 Å². The van der Waals surface area contributed by atoms with E-state index < -0.39 is 0 Å². The van der Waals surface area contributed by atoms with Gasteiger partial charge in [-0.05, 0) is 18.6 Å². The van der Waals surface area contributed by atoms with E-state index in [1.165, 1.54) is 0 Å². The van der Waals surface area contributed by atoms with E-state index in [9.17, 15) is 4.79 Å². The minimum Gasteiger partial charge on any atom is -0.361 e. The molecule has 0 saturated carbocycles. The van der Waals surface area contributed by atoms with E-state index in [4.69, 9.17) is 5.84 Å². The zero-order valence-corrected chi connectivity index (χ0v) is 9.29. The van der Waals surface area contributed by atoms with Crippen molar-refractivity contribution in [1.29, 1.82) is 0 Å². The maximum atomic E-state index is 11.3. The molecule has 5 N–H and O–H groups in total. The summed E-state index contributed by atoms with van der Waals surface area (Å²) in [5.74, 6) is 6.34. The van der Waals surface area contributed by atoms with E-state index in [0.29, 0.717) is 18.2 Å². The highest BCUT2D eigenvalue weighted by molar-refractivity contribution is 5.80. The smallest absolute Gasteiger partial charge is 0.239 e. The van der Waals surface area contributed by atoms with Crippen LogP contribution in [0.2, 0.25) is 0 Å². The van der Waals surface area contributed by atoms with E-state index in [1.54, 1.807) is 18.2 Å². The average Bonchev–Trinajstić information content (AvgIpc) is 2.34. The molecule has 6 nitrogen and oxygen atoms in total. The van der Waals surface area contributed by atoms with Crippen molar-refractivity contribution in [3.05, 3.63) is 18.2 Å². The number of hydrogen-bond acceptors (Lipinski definition) is 5. The monoisotopic (exact) mass is 223 g/mol. The van der Waals surface area contributed by atoms with Crippen molar-refractivity contribution in [2.75, 3.05) is 23.8 Å². The molecule has 0 bridgehead atoms. The number of amides is 1. The Kier molecular flexibility index (Phi) is 5.07. The Bertz CT molecular complexity index is 342. The van der Waals surface area contributed by atoms with Gasteiger partial charge in [-0.25, -0.2) is 10.8 Å². The van der Waals surface area contributed by atoms with Gasteiger partial charge < -0.3 is 16.1 Å². The number of pyridine rings is 1. The van der Waals surface area contributed by atoms with Gasteiger partial charge in [0.25, 0.3) is 0 Å². The standard InChI is InChI=1S/C10H17N5O/c1-2-6-12-10(16)7-13-8-4-3-5-9(14-8)15-11/h3-5H,2,6-7,11H2,1H3,(H,12,16)(H2,13,14,15). The topological polar surface area (TPSA) is 92.1 Å². The maximum absolute atomic E-state index is 11.3. The van der Waals surface area contributed by atoms with Crippen molar-refractivity contribution in [2.24, 2.45) is 5.84 Å². The lowest BCUT2D eigenvalue weighted by molar-refractivity contribution is -0.119. The van der Waals surface area contributed by atoms with Gasteiger partial charge in [-0.3, -0.25) is 4.79 Å². The molecule has 0 radical (unpaired) electrons. The number of nitrogens with one attached hydrogen (secondary N) is 3. The van der Waals surface area contributed by atoms with E-state index in [2.05, 4.69) is 21.0 Å². The van der Waals surface area contributed by atoms with Crippen LogP contribution in [0.4, 0.5) is 11.6 Å². The first kappa shape index (κ1) is 12.3. The van der Waals surface area contributed by atoms with Crippen LogP contribution < -0.4 is 21.9 Å². The Hall–Kier alpha value is -1.82. The number of aromatic nitrogens is 1. The van der Waals surface area contributed by atoms with Crippen LogP contribution in [0, 0.1) is 0 Å². The molecular formula is C10H17N5O. The summed E-state index contributed by atoms with van der Waals surface area (Å²) < 4.78 is 0. The fourth-order valence-electron chi connectivity index (χ4n) is 1.11. The van der Waals surface area contributed by atoms with E-state index >= 15 is 0 Å². The molecule has 1 aromatic heterocycles. The Labute approximate surface area is 94.6 Å². The van der Waals surface area contributed by atoms with Crippen LogP contribution in [0.3, 0.4) is 0 Å². The molecule has 0 unspecified atom stereocenters. The van der Waals surface area contributed by atoms with Crippen molar-refractivity contribution >= 4 is 17.5 Å². The van der Waals surface area contributed by atoms with E-state index in [-0.39, 0.29) is 12.5 Å². The third-order valence-corrected chi connectivity index (χ3v) is 1.90. The summed E-state index contributed by atoms with van der Waals surface area (Å²) in [4.78, 5) is 15.4. The number of rotatable bonds is 6. The molecule has 88 valence electrons. The van der Waals surface area contributed by atoms with Gasteiger partial charge in [-0.2, -0.15) is 0 Å². The number of nitrogens with two attached hydrogens (primary N) is 1. The molecule has 1 aromatic rings. The Morgan fingerprint density at radius 3 is 2.88 bits per heavy atom. The molecular weight excluding hydrogens is 206 g/mol. The molecule has 6 heteroatoms. The molecule has 1 heterocycles. The molecule has 0 aliphatic carbocycles. The van der Waals surface area contributed by atoms with Gasteiger partial charge >= 0.3 is 0 Å². The first-order valence-electron chi connectivity index (χ1n) is 5.20. The fraction of sp³-hybridized carbons (Fsp3) is 0.400. The number of nitrogen functional groups attached to an aromatic ring is 1. The van der Waals surface area contributed by atoms with Crippen LogP contribution in [0.15, 0.2) is 18.2 Å². The molecule has 16 heavy (non-hydrogen) atoms. The molecule has 0 aliphatic rings. The van der Waals surface area contributed by atoms with Crippen molar-refractivity contribution < 1.29 is 4.79 Å². The minimum atomic E-state index is -0.0465. The molecule has 0 atom stereocenters. The van der Waals surface area contributed by atoms with Gasteiger partial charge in [0.1, 0.15) is 11.6 Å². The Morgan fingerprint density at radius 2 is 2.19 bits per heavy atom. The van der Waals surface area contributed by atoms with Gasteiger partial charge in [-0.1, -0.05) is 13.0 Å². The quantitative estimate of drug-likeness (QED) is 0.411. The van der Waals surface area contributed by atoms with Crippen molar-refractivity contribution in [3.8, 4) is 0 Å². The van der Waals surface area contributed by atoms with Crippen LogP contribution in [0.5, 0.6) is 0 Å². The number of anilines is 2. The SMILES string of the molecule is CCCNC(=O)CNc1cccc(NN)n1. The molecule has 0 aromatic carbocycles. The summed E-state index contributed by atoms with van der Waals surface area (Å²) in [6.45, 7) is 2.91. The predicted molar refractivity (Wildman–Crippen MR) is 63.8 cm³/mol. The number of carbonyl (C=O) groups is 1. The number of hydrogen-bond donors (Lipinski definition) is 4. The summed E-state index contributed by atoms with van der Waals surface area (Å²) >= 11 is 0. The molecule has 0 saturated heterocycles. The number of hydrazine groups is 1. The molecule has 1 rings (SSSR count). The van der Waals surface area contributed by atoms with Crippen LogP contribution in [-0.2, 0) is 4.79 Å². The van der Waals surface area contributed by atoms with Crippen molar-refractivity contribution in [1.82, 2.24) is 10.3 Å². The third-order valence-electron chi connectivity index (χ3n) is 1.90. The highest BCUT2D eigenvalue weighted by Gasteiger charge is 2.00. The van der Waals surface area contributed by atoms with Gasteiger partial charge in [0.05, 0.1) is 6.54 Å². The van der Waals surface area contributed by atoms with Gasteiger partial charge in [0.2, 0.25) is 5.91 Å². The zero-order valence-electron chi connectivity index (χ0n) is 9.29. The maximum Gasteiger partial charge on any atom is 0.239 e. The summed E-state index contributed by atoms with van der Waals surface area (Å²) in [6, 6.07) is 5.31. The molecule has 0 aliphatic heterocycles. The normalized spacial score (nSPS) is 9.62. The predicted octanol–water partition coefficient (Wildman–Crippen LogP) is 0.305. The zero-order chi connectivity index (χ0) is 11.8. The van der Waals surface area contributed by atoms with Crippen LogP contribution in [-0.4, -0.2) is 24.0 Å².